The average Bonchev–Trinajstić information content (AvgIpc) is 3.46. The largest absolute Gasteiger partial charge is 0.452 e. The topological polar surface area (TPSA) is 110 Å². The molecule has 1 aliphatic carbocycles. The van der Waals surface area contributed by atoms with Crippen LogP contribution in [0.4, 0.5) is 4.79 Å². The van der Waals surface area contributed by atoms with Crippen molar-refractivity contribution >= 4 is 51.1 Å². The molecule has 0 unspecified atom stereocenters. The van der Waals surface area contributed by atoms with Crippen LogP contribution in [0.2, 0.25) is 4.34 Å². The lowest BCUT2D eigenvalue weighted by Crippen LogP contribution is -2.47. The van der Waals surface area contributed by atoms with Crippen molar-refractivity contribution in [3.05, 3.63) is 51.9 Å². The zero-order chi connectivity index (χ0) is 21.5. The number of cyclic esters (lactones) is 1. The van der Waals surface area contributed by atoms with E-state index in [0.29, 0.717) is 23.1 Å². The van der Waals surface area contributed by atoms with Crippen molar-refractivity contribution in [1.82, 2.24) is 15.6 Å². The molecule has 3 heterocycles. The fourth-order valence-corrected chi connectivity index (χ4v) is 5.18. The predicted molar refractivity (Wildman–Crippen MR) is 114 cm³/mol. The minimum atomic E-state index is -0.799. The molecule has 0 radical (unpaired) electrons. The Balaban J connectivity index is 1.29. The second kappa shape index (κ2) is 7.90. The zero-order valence-corrected chi connectivity index (χ0v) is 17.7. The molecule has 3 atom stereocenters. The average molecular weight is 460 g/mol. The van der Waals surface area contributed by atoms with Gasteiger partial charge in [0, 0.05) is 24.3 Å². The van der Waals surface area contributed by atoms with Gasteiger partial charge >= 0.3 is 12.1 Å². The monoisotopic (exact) mass is 459 g/mol. The lowest BCUT2D eigenvalue weighted by Gasteiger charge is -2.24. The zero-order valence-electron chi connectivity index (χ0n) is 16.1. The molecule has 10 heteroatoms. The standard InChI is InChI=1S/C21H18ClN3O5S/c22-15-8-11-9-16(24-20(11)31-15)30-21(28)23-13-7-10-3-1-2-4-12(10)18(13)25-19(27)14-5-6-17(26)29-14/h1-4,8-9,13-14,18,24H,5-7H2,(H,23,28)(H,25,27)/t13-,14+,18-/m1/s1. The summed E-state index contributed by atoms with van der Waals surface area (Å²) in [6.07, 6.45) is -0.314. The molecule has 1 fully saturated rings. The van der Waals surface area contributed by atoms with Gasteiger partial charge in [0.2, 0.25) is 5.88 Å². The Hall–Kier alpha value is -3.04. The number of rotatable bonds is 4. The molecule has 0 bridgehead atoms. The summed E-state index contributed by atoms with van der Waals surface area (Å²) in [7, 11) is 0. The highest BCUT2D eigenvalue weighted by Crippen LogP contribution is 2.33. The third-order valence-electron chi connectivity index (χ3n) is 5.47. The number of thiophene rings is 1. The fraction of sp³-hybridized carbons (Fsp3) is 0.286. The maximum Gasteiger partial charge on any atom is 0.414 e. The SMILES string of the molecule is O=C1CC[C@@H](C(=O)N[C@@H]2c3ccccc3C[C@H]2NC(=O)Oc2cc3cc(Cl)sc3[nH]2)O1. The van der Waals surface area contributed by atoms with Gasteiger partial charge in [-0.05, 0) is 23.6 Å². The van der Waals surface area contributed by atoms with Crippen LogP contribution in [0, 0.1) is 0 Å². The van der Waals surface area contributed by atoms with Crippen LogP contribution in [0.15, 0.2) is 36.4 Å². The first-order chi connectivity index (χ1) is 15.0. The highest BCUT2D eigenvalue weighted by molar-refractivity contribution is 7.22. The van der Waals surface area contributed by atoms with E-state index >= 15 is 0 Å². The van der Waals surface area contributed by atoms with E-state index in [1.54, 1.807) is 12.1 Å². The van der Waals surface area contributed by atoms with E-state index in [9.17, 15) is 14.4 Å². The van der Waals surface area contributed by atoms with Crippen LogP contribution in [-0.4, -0.2) is 35.1 Å². The number of amides is 2. The van der Waals surface area contributed by atoms with E-state index in [-0.39, 0.29) is 18.3 Å². The van der Waals surface area contributed by atoms with Crippen LogP contribution in [0.3, 0.4) is 0 Å². The Morgan fingerprint density at radius 3 is 2.84 bits per heavy atom. The van der Waals surface area contributed by atoms with Gasteiger partial charge < -0.3 is 25.1 Å². The van der Waals surface area contributed by atoms with Gasteiger partial charge in [0.1, 0.15) is 4.83 Å². The number of carbonyl (C=O) groups is 3. The summed E-state index contributed by atoms with van der Waals surface area (Å²) >= 11 is 7.33. The first kappa shape index (κ1) is 19.9. The number of carbonyl (C=O) groups excluding carboxylic acids is 3. The Morgan fingerprint density at radius 1 is 1.23 bits per heavy atom. The van der Waals surface area contributed by atoms with Crippen molar-refractivity contribution in [1.29, 1.82) is 0 Å². The fourth-order valence-electron chi connectivity index (χ4n) is 4.07. The summed E-state index contributed by atoms with van der Waals surface area (Å²) in [5, 5.41) is 6.65. The number of hydrogen-bond donors (Lipinski definition) is 3. The van der Waals surface area contributed by atoms with Gasteiger partial charge in [0.05, 0.1) is 16.4 Å². The summed E-state index contributed by atoms with van der Waals surface area (Å²) in [6, 6.07) is 10.3. The molecule has 3 N–H and O–H groups in total. The highest BCUT2D eigenvalue weighted by Gasteiger charge is 2.38. The van der Waals surface area contributed by atoms with Crippen molar-refractivity contribution in [2.75, 3.05) is 0 Å². The minimum absolute atomic E-state index is 0.228. The van der Waals surface area contributed by atoms with Gasteiger partial charge in [-0.25, -0.2) is 4.79 Å². The number of nitrogens with one attached hydrogen (secondary N) is 3. The molecule has 31 heavy (non-hydrogen) atoms. The molecule has 3 aromatic rings. The maximum atomic E-state index is 12.6. The Kier molecular flexibility index (Phi) is 5.07. The third kappa shape index (κ3) is 3.98. The molecular weight excluding hydrogens is 442 g/mol. The minimum Gasteiger partial charge on any atom is -0.452 e. The van der Waals surface area contributed by atoms with Crippen molar-refractivity contribution in [2.24, 2.45) is 0 Å². The molecular formula is C21H18ClN3O5S. The number of halogens is 1. The van der Waals surface area contributed by atoms with E-state index in [1.807, 2.05) is 24.3 Å². The number of aromatic amines is 1. The first-order valence-corrected chi connectivity index (χ1v) is 11.0. The molecule has 2 amide bonds. The number of aromatic nitrogens is 1. The molecule has 160 valence electrons. The maximum absolute atomic E-state index is 12.6. The summed E-state index contributed by atoms with van der Waals surface area (Å²) in [4.78, 5) is 40.4. The number of fused-ring (bicyclic) bond motifs is 2. The second-order valence-corrected chi connectivity index (χ2v) is 9.20. The van der Waals surface area contributed by atoms with Crippen molar-refractivity contribution < 1.29 is 23.9 Å². The van der Waals surface area contributed by atoms with Gasteiger partial charge in [0.25, 0.3) is 5.91 Å². The van der Waals surface area contributed by atoms with Gasteiger partial charge in [-0.3, -0.25) is 9.59 Å². The van der Waals surface area contributed by atoms with E-state index in [0.717, 1.165) is 21.3 Å². The first-order valence-electron chi connectivity index (χ1n) is 9.80. The molecule has 0 spiro atoms. The summed E-state index contributed by atoms with van der Waals surface area (Å²) in [6.45, 7) is 0. The lowest BCUT2D eigenvalue weighted by molar-refractivity contribution is -0.148. The van der Waals surface area contributed by atoms with Crippen LogP contribution < -0.4 is 15.4 Å². The molecule has 1 saturated heterocycles. The van der Waals surface area contributed by atoms with Gasteiger partial charge in [-0.2, -0.15) is 0 Å². The van der Waals surface area contributed by atoms with Gasteiger partial charge in [0.15, 0.2) is 6.10 Å². The van der Waals surface area contributed by atoms with E-state index in [4.69, 9.17) is 21.1 Å². The van der Waals surface area contributed by atoms with Crippen molar-refractivity contribution in [3.8, 4) is 5.88 Å². The van der Waals surface area contributed by atoms with Crippen LogP contribution in [-0.2, 0) is 20.7 Å². The normalized spacial score (nSPS) is 22.2. The molecule has 5 rings (SSSR count). The molecule has 2 aliphatic rings. The van der Waals surface area contributed by atoms with Crippen molar-refractivity contribution in [2.45, 2.75) is 37.5 Å². The van der Waals surface area contributed by atoms with Crippen molar-refractivity contribution in [3.63, 3.8) is 0 Å². The van der Waals surface area contributed by atoms with Gasteiger partial charge in [-0.15, -0.1) is 11.3 Å². The lowest BCUT2D eigenvalue weighted by atomic mass is 10.1. The molecule has 8 nitrogen and oxygen atoms in total. The quantitative estimate of drug-likeness (QED) is 0.517. The number of H-pyrrole nitrogens is 1. The predicted octanol–water partition coefficient (Wildman–Crippen LogP) is 3.46. The molecule has 1 aliphatic heterocycles. The number of hydrogen-bond acceptors (Lipinski definition) is 6. The molecule has 0 saturated carbocycles. The Morgan fingerprint density at radius 2 is 2.06 bits per heavy atom. The van der Waals surface area contributed by atoms with Crippen LogP contribution in [0.25, 0.3) is 10.2 Å². The summed E-state index contributed by atoms with van der Waals surface area (Å²) in [5.41, 5.74) is 1.94. The molecule has 2 aromatic heterocycles. The van der Waals surface area contributed by atoms with Crippen LogP contribution >= 0.6 is 22.9 Å². The number of benzene rings is 1. The summed E-state index contributed by atoms with van der Waals surface area (Å²) < 4.78 is 11.1. The van der Waals surface area contributed by atoms with E-state index < -0.39 is 24.3 Å². The van der Waals surface area contributed by atoms with Crippen LogP contribution in [0.5, 0.6) is 5.88 Å². The smallest absolute Gasteiger partial charge is 0.414 e. The van der Waals surface area contributed by atoms with E-state index in [2.05, 4.69) is 15.6 Å². The van der Waals surface area contributed by atoms with Gasteiger partial charge in [-0.1, -0.05) is 35.9 Å². The summed E-state index contributed by atoms with van der Waals surface area (Å²) in [5.74, 6) is -0.434. The van der Waals surface area contributed by atoms with Crippen LogP contribution in [0.1, 0.15) is 30.0 Å². The number of ether oxygens (including phenoxy) is 2. The van der Waals surface area contributed by atoms with E-state index in [1.165, 1.54) is 11.3 Å². The Bertz CT molecular complexity index is 1160. The second-order valence-electron chi connectivity index (χ2n) is 7.52. The highest BCUT2D eigenvalue weighted by atomic mass is 35.5. The number of esters is 1. The third-order valence-corrected chi connectivity index (χ3v) is 6.66. The Labute approximate surface area is 185 Å². The molecule has 1 aromatic carbocycles.